The van der Waals surface area contributed by atoms with Crippen LogP contribution in [0.3, 0.4) is 0 Å². The Balaban J connectivity index is 1.76. The number of nitrogens with one attached hydrogen (secondary N) is 1. The van der Waals surface area contributed by atoms with E-state index in [9.17, 15) is 4.79 Å². The monoisotopic (exact) mass is 340 g/mol. The van der Waals surface area contributed by atoms with Crippen LogP contribution in [-0.4, -0.2) is 46.2 Å². The van der Waals surface area contributed by atoms with Gasteiger partial charge in [-0.25, -0.2) is 0 Å². The van der Waals surface area contributed by atoms with Gasteiger partial charge in [0.15, 0.2) is 11.0 Å². The van der Waals surface area contributed by atoms with Gasteiger partial charge in [-0.3, -0.25) is 4.79 Å². The normalized spacial score (nSPS) is 10.8. The highest BCUT2D eigenvalue weighted by atomic mass is 32.2. The average molecular weight is 340 g/mol. The van der Waals surface area contributed by atoms with E-state index in [1.54, 1.807) is 11.3 Å². The Morgan fingerprint density at radius 2 is 2.36 bits per heavy atom. The van der Waals surface area contributed by atoms with Gasteiger partial charge in [0.2, 0.25) is 5.91 Å². The van der Waals surface area contributed by atoms with Crippen molar-refractivity contribution < 1.29 is 9.53 Å². The minimum atomic E-state index is 0.00201. The zero-order valence-electron chi connectivity index (χ0n) is 12.7. The fourth-order valence-electron chi connectivity index (χ4n) is 1.79. The standard InChI is InChI=1S/C14H20N4O2S2/c1-3-20-8-5-7-15-12(19)10-22-14-17-16-13(18(14)2)11-6-4-9-21-11/h4,6,9H,3,5,7-8,10H2,1-2H3,(H,15,19). The molecule has 1 amide bonds. The van der Waals surface area contributed by atoms with Crippen molar-refractivity contribution in [3.05, 3.63) is 17.5 Å². The topological polar surface area (TPSA) is 69.0 Å². The van der Waals surface area contributed by atoms with Gasteiger partial charge in [0.05, 0.1) is 10.6 Å². The van der Waals surface area contributed by atoms with Gasteiger partial charge in [-0.2, -0.15) is 0 Å². The van der Waals surface area contributed by atoms with Crippen molar-refractivity contribution >= 4 is 29.0 Å². The van der Waals surface area contributed by atoms with Gasteiger partial charge in [-0.05, 0) is 24.8 Å². The molecule has 0 aromatic carbocycles. The van der Waals surface area contributed by atoms with Crippen molar-refractivity contribution in [3.8, 4) is 10.7 Å². The lowest BCUT2D eigenvalue weighted by atomic mass is 10.4. The molecule has 0 bridgehead atoms. The van der Waals surface area contributed by atoms with Crippen LogP contribution in [-0.2, 0) is 16.6 Å². The third-order valence-corrected chi connectivity index (χ3v) is 4.79. The quantitative estimate of drug-likeness (QED) is 0.560. The molecule has 0 aliphatic rings. The second-order valence-electron chi connectivity index (χ2n) is 4.53. The van der Waals surface area contributed by atoms with Crippen LogP contribution >= 0.6 is 23.1 Å². The second kappa shape index (κ2) is 8.92. The molecule has 0 aliphatic carbocycles. The third kappa shape index (κ3) is 4.82. The summed E-state index contributed by atoms with van der Waals surface area (Å²) < 4.78 is 7.14. The van der Waals surface area contributed by atoms with Crippen molar-refractivity contribution in [2.45, 2.75) is 18.5 Å². The van der Waals surface area contributed by atoms with Gasteiger partial charge < -0.3 is 14.6 Å². The number of amides is 1. The van der Waals surface area contributed by atoms with Crippen LogP contribution in [0.4, 0.5) is 0 Å². The number of hydrogen-bond acceptors (Lipinski definition) is 6. The van der Waals surface area contributed by atoms with Crippen LogP contribution in [0.25, 0.3) is 10.7 Å². The SMILES string of the molecule is CCOCCCNC(=O)CSc1nnc(-c2cccs2)n1C. The number of thioether (sulfide) groups is 1. The Labute approximate surface area is 138 Å². The summed E-state index contributed by atoms with van der Waals surface area (Å²) in [5.41, 5.74) is 0. The molecule has 6 nitrogen and oxygen atoms in total. The van der Waals surface area contributed by atoms with Gasteiger partial charge in [-0.15, -0.1) is 21.5 Å². The molecule has 1 N–H and O–H groups in total. The zero-order valence-corrected chi connectivity index (χ0v) is 14.4. The minimum absolute atomic E-state index is 0.00201. The van der Waals surface area contributed by atoms with Crippen molar-refractivity contribution in [2.24, 2.45) is 7.05 Å². The average Bonchev–Trinajstić information content (AvgIpc) is 3.14. The molecule has 0 radical (unpaired) electrons. The van der Waals surface area contributed by atoms with Crippen molar-refractivity contribution in [2.75, 3.05) is 25.5 Å². The fourth-order valence-corrected chi connectivity index (χ4v) is 3.27. The fraction of sp³-hybridized carbons (Fsp3) is 0.500. The van der Waals surface area contributed by atoms with Crippen LogP contribution in [0.5, 0.6) is 0 Å². The number of carbonyl (C=O) groups excluding carboxylic acids is 1. The largest absolute Gasteiger partial charge is 0.382 e. The van der Waals surface area contributed by atoms with E-state index >= 15 is 0 Å². The van der Waals surface area contributed by atoms with Crippen LogP contribution in [0.15, 0.2) is 22.7 Å². The maximum atomic E-state index is 11.8. The summed E-state index contributed by atoms with van der Waals surface area (Å²) in [5, 5.41) is 14.0. The summed E-state index contributed by atoms with van der Waals surface area (Å²) in [6, 6.07) is 3.99. The van der Waals surface area contributed by atoms with Crippen molar-refractivity contribution in [1.29, 1.82) is 0 Å². The molecule has 22 heavy (non-hydrogen) atoms. The summed E-state index contributed by atoms with van der Waals surface area (Å²) in [7, 11) is 1.91. The zero-order chi connectivity index (χ0) is 15.8. The summed E-state index contributed by atoms with van der Waals surface area (Å²) >= 11 is 3.01. The van der Waals surface area contributed by atoms with E-state index in [0.29, 0.717) is 25.5 Å². The van der Waals surface area contributed by atoms with Crippen molar-refractivity contribution in [3.63, 3.8) is 0 Å². The van der Waals surface area contributed by atoms with E-state index in [2.05, 4.69) is 15.5 Å². The van der Waals surface area contributed by atoms with E-state index in [1.807, 2.05) is 36.1 Å². The van der Waals surface area contributed by atoms with E-state index < -0.39 is 0 Å². The smallest absolute Gasteiger partial charge is 0.230 e. The first-order valence-corrected chi connectivity index (χ1v) is 8.99. The first-order valence-electron chi connectivity index (χ1n) is 7.13. The molecule has 2 aromatic rings. The van der Waals surface area contributed by atoms with Gasteiger partial charge in [-0.1, -0.05) is 17.8 Å². The number of thiophene rings is 1. The third-order valence-electron chi connectivity index (χ3n) is 2.90. The van der Waals surface area contributed by atoms with Crippen LogP contribution in [0, 0.1) is 0 Å². The number of hydrogen-bond donors (Lipinski definition) is 1. The van der Waals surface area contributed by atoms with Crippen molar-refractivity contribution in [1.82, 2.24) is 20.1 Å². The highest BCUT2D eigenvalue weighted by Crippen LogP contribution is 2.25. The van der Waals surface area contributed by atoms with Gasteiger partial charge >= 0.3 is 0 Å². The lowest BCUT2D eigenvalue weighted by Crippen LogP contribution is -2.27. The number of nitrogens with zero attached hydrogens (tertiary/aromatic N) is 3. The Bertz CT molecular complexity index is 584. The molecule has 0 saturated carbocycles. The van der Waals surface area contributed by atoms with Gasteiger partial charge in [0.1, 0.15) is 0 Å². The maximum Gasteiger partial charge on any atom is 0.230 e. The summed E-state index contributed by atoms with van der Waals surface area (Å²) in [6.07, 6.45) is 0.830. The lowest BCUT2D eigenvalue weighted by Gasteiger charge is -2.05. The molecule has 0 aliphatic heterocycles. The maximum absolute atomic E-state index is 11.8. The van der Waals surface area contributed by atoms with Gasteiger partial charge in [0, 0.05) is 26.8 Å². The molecule has 2 heterocycles. The number of aromatic nitrogens is 3. The first kappa shape index (κ1) is 17.0. The number of rotatable bonds is 9. The molecule has 0 fully saturated rings. The highest BCUT2D eigenvalue weighted by Gasteiger charge is 2.13. The van der Waals surface area contributed by atoms with E-state index in [-0.39, 0.29) is 5.91 Å². The summed E-state index contributed by atoms with van der Waals surface area (Å²) in [4.78, 5) is 12.8. The van der Waals surface area contributed by atoms with E-state index in [1.165, 1.54) is 11.8 Å². The number of ether oxygens (including phenoxy) is 1. The van der Waals surface area contributed by atoms with E-state index in [0.717, 1.165) is 22.3 Å². The van der Waals surface area contributed by atoms with Crippen LogP contribution in [0.1, 0.15) is 13.3 Å². The molecule has 120 valence electrons. The Kier molecular flexibility index (Phi) is 6.88. The summed E-state index contributed by atoms with van der Waals surface area (Å²) in [6.45, 7) is 3.99. The molecule has 0 saturated heterocycles. The summed E-state index contributed by atoms with van der Waals surface area (Å²) in [5.74, 6) is 1.17. The van der Waals surface area contributed by atoms with Gasteiger partial charge in [0.25, 0.3) is 0 Å². The Morgan fingerprint density at radius 1 is 1.50 bits per heavy atom. The second-order valence-corrected chi connectivity index (χ2v) is 6.42. The predicted molar refractivity (Wildman–Crippen MR) is 89.2 cm³/mol. The van der Waals surface area contributed by atoms with Crippen LogP contribution < -0.4 is 5.32 Å². The Hall–Kier alpha value is -1.38. The number of carbonyl (C=O) groups is 1. The predicted octanol–water partition coefficient (Wildman–Crippen LogP) is 2.18. The van der Waals surface area contributed by atoms with Crippen LogP contribution in [0.2, 0.25) is 0 Å². The molecular formula is C14H20N4O2S2. The molecule has 2 aromatic heterocycles. The minimum Gasteiger partial charge on any atom is -0.382 e. The molecule has 8 heteroatoms. The lowest BCUT2D eigenvalue weighted by molar-refractivity contribution is -0.118. The molecular weight excluding hydrogens is 320 g/mol. The highest BCUT2D eigenvalue weighted by molar-refractivity contribution is 7.99. The first-order chi connectivity index (χ1) is 10.7. The molecule has 0 spiro atoms. The van der Waals surface area contributed by atoms with E-state index in [4.69, 9.17) is 4.74 Å². The Morgan fingerprint density at radius 3 is 3.09 bits per heavy atom. The molecule has 0 atom stereocenters. The molecule has 0 unspecified atom stereocenters. The molecule has 2 rings (SSSR count).